The maximum absolute atomic E-state index is 8.89. The summed E-state index contributed by atoms with van der Waals surface area (Å²) in [6.45, 7) is 0. The summed E-state index contributed by atoms with van der Waals surface area (Å²) in [5.41, 5.74) is 5.20. The Morgan fingerprint density at radius 2 is 1.67 bits per heavy atom. The molecule has 0 aromatic heterocycles. The number of benzene rings is 2. The van der Waals surface area contributed by atoms with Gasteiger partial charge in [0.1, 0.15) is 0 Å². The molecule has 4 nitrogen and oxygen atoms in total. The standard InChI is InChI=1S/C16H14N4S/c17-12-11-15(13-7-3-1-4-8-13)19-20-16(21)18-14-9-5-2-6-10-14/h1-10H,11H2,(H2,18,20,21)/b19-15+. The Labute approximate surface area is 129 Å². The summed E-state index contributed by atoms with van der Waals surface area (Å²) in [5, 5.41) is 16.5. The Morgan fingerprint density at radius 1 is 1.05 bits per heavy atom. The highest BCUT2D eigenvalue weighted by atomic mass is 32.1. The van der Waals surface area contributed by atoms with Gasteiger partial charge in [0.15, 0.2) is 5.11 Å². The van der Waals surface area contributed by atoms with Crippen LogP contribution in [-0.4, -0.2) is 10.8 Å². The van der Waals surface area contributed by atoms with Gasteiger partial charge in [-0.15, -0.1) is 0 Å². The molecule has 0 fully saturated rings. The SMILES string of the molecule is N#CC/C(=N\NC(=S)Nc1ccccc1)c1ccccc1. The van der Waals surface area contributed by atoms with Gasteiger partial charge in [-0.2, -0.15) is 10.4 Å². The van der Waals surface area contributed by atoms with E-state index in [1.165, 1.54) is 0 Å². The lowest BCUT2D eigenvalue weighted by atomic mass is 10.1. The minimum atomic E-state index is 0.213. The molecular formula is C16H14N4S. The Hall–Kier alpha value is -2.71. The zero-order valence-corrected chi connectivity index (χ0v) is 12.1. The molecule has 2 aromatic carbocycles. The van der Waals surface area contributed by atoms with Crippen molar-refractivity contribution in [1.29, 1.82) is 5.26 Å². The number of nitrogens with one attached hydrogen (secondary N) is 2. The molecule has 0 aliphatic carbocycles. The fraction of sp³-hybridized carbons (Fsp3) is 0.0625. The van der Waals surface area contributed by atoms with E-state index in [4.69, 9.17) is 17.5 Å². The van der Waals surface area contributed by atoms with Crippen LogP contribution in [0.2, 0.25) is 0 Å². The number of nitriles is 1. The van der Waals surface area contributed by atoms with E-state index in [2.05, 4.69) is 21.9 Å². The number of hydrogen-bond donors (Lipinski definition) is 2. The average molecular weight is 294 g/mol. The van der Waals surface area contributed by atoms with Crippen LogP contribution in [0.1, 0.15) is 12.0 Å². The summed E-state index contributed by atoms with van der Waals surface area (Å²) in [7, 11) is 0. The van der Waals surface area contributed by atoms with Gasteiger partial charge in [0.25, 0.3) is 0 Å². The molecule has 0 unspecified atom stereocenters. The van der Waals surface area contributed by atoms with Crippen LogP contribution < -0.4 is 10.7 Å². The molecule has 0 radical (unpaired) electrons. The highest BCUT2D eigenvalue weighted by Gasteiger charge is 2.03. The molecular weight excluding hydrogens is 280 g/mol. The van der Waals surface area contributed by atoms with Crippen molar-refractivity contribution in [2.75, 3.05) is 5.32 Å². The third-order valence-electron chi connectivity index (χ3n) is 2.68. The Morgan fingerprint density at radius 3 is 2.29 bits per heavy atom. The van der Waals surface area contributed by atoms with Crippen molar-refractivity contribution in [2.45, 2.75) is 6.42 Å². The zero-order chi connectivity index (χ0) is 14.9. The maximum atomic E-state index is 8.89. The van der Waals surface area contributed by atoms with E-state index in [-0.39, 0.29) is 6.42 Å². The summed E-state index contributed by atoms with van der Waals surface area (Å²) in [5.74, 6) is 0. The molecule has 0 saturated heterocycles. The van der Waals surface area contributed by atoms with Crippen LogP contribution in [0.5, 0.6) is 0 Å². The predicted octanol–water partition coefficient (Wildman–Crippen LogP) is 3.29. The molecule has 5 heteroatoms. The molecule has 2 aromatic rings. The van der Waals surface area contributed by atoms with Gasteiger partial charge in [-0.05, 0) is 29.9 Å². The molecule has 104 valence electrons. The first-order valence-corrected chi connectivity index (χ1v) is 6.81. The second-order valence-corrected chi connectivity index (χ2v) is 4.60. The van der Waals surface area contributed by atoms with Crippen molar-refractivity contribution >= 4 is 28.7 Å². The Kier molecular flexibility index (Phi) is 5.44. The lowest BCUT2D eigenvalue weighted by Gasteiger charge is -2.08. The molecule has 0 amide bonds. The first kappa shape index (κ1) is 14.7. The topological polar surface area (TPSA) is 60.2 Å². The van der Waals surface area contributed by atoms with Crippen LogP contribution in [0, 0.1) is 11.3 Å². The number of hydrazone groups is 1. The Bertz CT molecular complexity index is 660. The molecule has 0 bridgehead atoms. The molecule has 0 aliphatic heterocycles. The van der Waals surface area contributed by atoms with E-state index in [0.717, 1.165) is 11.3 Å². The van der Waals surface area contributed by atoms with Crippen molar-refractivity contribution in [3.63, 3.8) is 0 Å². The summed E-state index contributed by atoms with van der Waals surface area (Å²) < 4.78 is 0. The van der Waals surface area contributed by atoms with Gasteiger partial charge in [-0.3, -0.25) is 5.43 Å². The van der Waals surface area contributed by atoms with Gasteiger partial charge in [-0.25, -0.2) is 0 Å². The largest absolute Gasteiger partial charge is 0.331 e. The van der Waals surface area contributed by atoms with Gasteiger partial charge >= 0.3 is 0 Å². The minimum Gasteiger partial charge on any atom is -0.331 e. The molecule has 2 N–H and O–H groups in total. The highest BCUT2D eigenvalue weighted by Crippen LogP contribution is 2.05. The molecule has 0 heterocycles. The van der Waals surface area contributed by atoms with Crippen LogP contribution in [0.15, 0.2) is 65.8 Å². The monoisotopic (exact) mass is 294 g/mol. The number of thiocarbonyl (C=S) groups is 1. The van der Waals surface area contributed by atoms with Crippen LogP contribution in [0.25, 0.3) is 0 Å². The summed E-state index contributed by atoms with van der Waals surface area (Å²) in [6.07, 6.45) is 0.213. The highest BCUT2D eigenvalue weighted by molar-refractivity contribution is 7.80. The molecule has 2 rings (SSSR count). The number of hydrogen-bond acceptors (Lipinski definition) is 3. The lowest BCUT2D eigenvalue weighted by molar-refractivity contribution is 1.03. The van der Waals surface area contributed by atoms with Gasteiger partial charge in [0.2, 0.25) is 0 Å². The first-order chi connectivity index (χ1) is 10.3. The second kappa shape index (κ2) is 7.78. The van der Waals surface area contributed by atoms with Gasteiger partial charge in [0.05, 0.1) is 18.2 Å². The van der Waals surface area contributed by atoms with Crippen LogP contribution in [0.4, 0.5) is 5.69 Å². The van der Waals surface area contributed by atoms with E-state index in [1.54, 1.807) is 0 Å². The minimum absolute atomic E-state index is 0.213. The van der Waals surface area contributed by atoms with Crippen molar-refractivity contribution in [3.05, 3.63) is 66.2 Å². The maximum Gasteiger partial charge on any atom is 0.191 e. The average Bonchev–Trinajstić information content (AvgIpc) is 2.53. The van der Waals surface area contributed by atoms with E-state index in [0.29, 0.717) is 10.8 Å². The molecule has 0 saturated carbocycles. The van der Waals surface area contributed by atoms with Crippen molar-refractivity contribution < 1.29 is 0 Å². The molecule has 0 atom stereocenters. The van der Waals surface area contributed by atoms with Crippen LogP contribution in [-0.2, 0) is 0 Å². The smallest absolute Gasteiger partial charge is 0.191 e. The van der Waals surface area contributed by atoms with Gasteiger partial charge in [0, 0.05) is 5.69 Å². The number of anilines is 1. The number of rotatable bonds is 4. The van der Waals surface area contributed by atoms with E-state index in [1.807, 2.05) is 60.7 Å². The van der Waals surface area contributed by atoms with Crippen LogP contribution >= 0.6 is 12.2 Å². The molecule has 0 aliphatic rings. The summed E-state index contributed by atoms with van der Waals surface area (Å²) >= 11 is 5.18. The third kappa shape index (κ3) is 4.71. The van der Waals surface area contributed by atoms with E-state index < -0.39 is 0 Å². The molecule has 0 spiro atoms. The third-order valence-corrected chi connectivity index (χ3v) is 2.87. The number of nitrogens with zero attached hydrogens (tertiary/aromatic N) is 2. The Balaban J connectivity index is 2.03. The zero-order valence-electron chi connectivity index (χ0n) is 11.3. The quantitative estimate of drug-likeness (QED) is 0.516. The summed E-state index contributed by atoms with van der Waals surface area (Å²) in [4.78, 5) is 0. The van der Waals surface area contributed by atoms with Gasteiger partial charge in [-0.1, -0.05) is 48.5 Å². The van der Waals surface area contributed by atoms with Crippen molar-refractivity contribution in [2.24, 2.45) is 5.10 Å². The van der Waals surface area contributed by atoms with E-state index >= 15 is 0 Å². The summed E-state index contributed by atoms with van der Waals surface area (Å²) in [6, 6.07) is 21.2. The van der Waals surface area contributed by atoms with Crippen LogP contribution in [0.3, 0.4) is 0 Å². The lowest BCUT2D eigenvalue weighted by Crippen LogP contribution is -2.25. The van der Waals surface area contributed by atoms with E-state index in [9.17, 15) is 0 Å². The fourth-order valence-electron chi connectivity index (χ4n) is 1.71. The first-order valence-electron chi connectivity index (χ1n) is 6.40. The van der Waals surface area contributed by atoms with Crippen molar-refractivity contribution in [1.82, 2.24) is 5.43 Å². The van der Waals surface area contributed by atoms with Gasteiger partial charge < -0.3 is 5.32 Å². The second-order valence-electron chi connectivity index (χ2n) is 4.19. The predicted molar refractivity (Wildman–Crippen MR) is 89.0 cm³/mol. The normalized spacial score (nSPS) is 10.5. The number of para-hydroxylation sites is 1. The molecule has 21 heavy (non-hydrogen) atoms. The van der Waals surface area contributed by atoms with Crippen molar-refractivity contribution in [3.8, 4) is 6.07 Å². The fourth-order valence-corrected chi connectivity index (χ4v) is 1.87.